The second-order valence-electron chi connectivity index (χ2n) is 5.01. The Labute approximate surface area is 123 Å². The lowest BCUT2D eigenvalue weighted by Crippen LogP contribution is -2.47. The number of hydrogen-bond donors (Lipinski definition) is 1. The summed E-state index contributed by atoms with van der Waals surface area (Å²) in [6.07, 6.45) is 0.756. The van der Waals surface area contributed by atoms with Gasteiger partial charge in [-0.05, 0) is 12.1 Å². The lowest BCUT2D eigenvalue weighted by atomic mass is 10.3. The predicted octanol–water partition coefficient (Wildman–Crippen LogP) is 1.20. The molecule has 1 aromatic heterocycles. The smallest absolute Gasteiger partial charge is 0.260 e. The summed E-state index contributed by atoms with van der Waals surface area (Å²) in [5.74, 6) is 1.37. The number of piperazine rings is 1. The third kappa shape index (κ3) is 3.16. The predicted molar refractivity (Wildman–Crippen MR) is 78.3 cm³/mol. The summed E-state index contributed by atoms with van der Waals surface area (Å²) in [4.78, 5) is 18.2. The van der Waals surface area contributed by atoms with Crippen LogP contribution in [-0.2, 0) is 11.2 Å². The number of nitrogens with zero attached hydrogens (tertiary/aromatic N) is 2. The van der Waals surface area contributed by atoms with Crippen LogP contribution >= 0.6 is 0 Å². The fourth-order valence-corrected chi connectivity index (χ4v) is 2.35. The number of carbonyl (C=O) groups is 1. The van der Waals surface area contributed by atoms with E-state index in [0.29, 0.717) is 11.6 Å². The van der Waals surface area contributed by atoms with Gasteiger partial charge >= 0.3 is 0 Å². The fraction of sp³-hybridized carbons (Fsp3) is 0.467. The largest absolute Gasteiger partial charge is 0.484 e. The second kappa shape index (κ2) is 6.13. The third-order valence-electron chi connectivity index (χ3n) is 3.54. The van der Waals surface area contributed by atoms with Crippen molar-refractivity contribution in [2.45, 2.75) is 13.3 Å². The van der Waals surface area contributed by atoms with Crippen LogP contribution in [0.25, 0.3) is 11.1 Å². The standard InChI is InChI=1S/C15H19N3O3/c1-2-14-17-12-9-11(3-4-13(12)21-14)20-10-15(19)18-7-5-16-6-8-18/h3-4,9,16H,2,5-8,10H2,1H3. The minimum atomic E-state index is 0.0194. The van der Waals surface area contributed by atoms with Crippen molar-refractivity contribution in [2.24, 2.45) is 0 Å². The number of rotatable bonds is 4. The molecule has 1 amide bonds. The van der Waals surface area contributed by atoms with Gasteiger partial charge in [-0.2, -0.15) is 0 Å². The molecule has 1 N–H and O–H groups in total. The lowest BCUT2D eigenvalue weighted by molar-refractivity contribution is -0.133. The zero-order valence-corrected chi connectivity index (χ0v) is 12.1. The SMILES string of the molecule is CCc1nc2cc(OCC(=O)N3CCNCC3)ccc2o1. The van der Waals surface area contributed by atoms with Crippen LogP contribution in [0, 0.1) is 0 Å². The molecule has 0 spiro atoms. The van der Waals surface area contributed by atoms with Gasteiger partial charge < -0.3 is 19.4 Å². The van der Waals surface area contributed by atoms with Crippen LogP contribution in [0.3, 0.4) is 0 Å². The van der Waals surface area contributed by atoms with Gasteiger partial charge in [0.15, 0.2) is 18.1 Å². The van der Waals surface area contributed by atoms with E-state index < -0.39 is 0 Å². The van der Waals surface area contributed by atoms with Crippen molar-refractivity contribution in [3.8, 4) is 5.75 Å². The number of aromatic nitrogens is 1. The van der Waals surface area contributed by atoms with E-state index in [1.807, 2.05) is 24.0 Å². The van der Waals surface area contributed by atoms with Gasteiger partial charge in [-0.25, -0.2) is 4.98 Å². The van der Waals surface area contributed by atoms with E-state index in [0.717, 1.165) is 43.7 Å². The molecule has 0 atom stereocenters. The molecule has 3 rings (SSSR count). The molecule has 1 aliphatic rings. The molecule has 1 aliphatic heterocycles. The number of fused-ring (bicyclic) bond motifs is 1. The quantitative estimate of drug-likeness (QED) is 0.916. The number of aryl methyl sites for hydroxylation is 1. The maximum absolute atomic E-state index is 12.0. The molecule has 1 saturated heterocycles. The number of carbonyl (C=O) groups excluding carboxylic acids is 1. The van der Waals surface area contributed by atoms with E-state index in [1.54, 1.807) is 6.07 Å². The first-order chi connectivity index (χ1) is 10.3. The summed E-state index contributed by atoms with van der Waals surface area (Å²) in [6.45, 7) is 5.22. The Kier molecular flexibility index (Phi) is 4.06. The summed E-state index contributed by atoms with van der Waals surface area (Å²) < 4.78 is 11.1. The summed E-state index contributed by atoms with van der Waals surface area (Å²) >= 11 is 0. The number of hydrogen-bond acceptors (Lipinski definition) is 5. The molecular formula is C15H19N3O3. The molecule has 0 bridgehead atoms. The lowest BCUT2D eigenvalue weighted by Gasteiger charge is -2.27. The van der Waals surface area contributed by atoms with Crippen LogP contribution in [0.4, 0.5) is 0 Å². The van der Waals surface area contributed by atoms with Gasteiger partial charge in [0.05, 0.1) is 0 Å². The first-order valence-corrected chi connectivity index (χ1v) is 7.27. The fourth-order valence-electron chi connectivity index (χ4n) is 2.35. The van der Waals surface area contributed by atoms with Crippen LogP contribution in [0.15, 0.2) is 22.6 Å². The molecule has 0 aliphatic carbocycles. The number of ether oxygens (including phenoxy) is 1. The average Bonchev–Trinajstić information content (AvgIpc) is 2.95. The molecule has 2 heterocycles. The zero-order chi connectivity index (χ0) is 14.7. The Balaban J connectivity index is 1.63. The number of amides is 1. The Morgan fingerprint density at radius 3 is 3.00 bits per heavy atom. The highest BCUT2D eigenvalue weighted by molar-refractivity contribution is 5.78. The Morgan fingerprint density at radius 1 is 1.43 bits per heavy atom. The van der Waals surface area contributed by atoms with Gasteiger partial charge in [0.1, 0.15) is 11.3 Å². The van der Waals surface area contributed by atoms with Gasteiger partial charge in [-0.3, -0.25) is 4.79 Å². The Morgan fingerprint density at radius 2 is 2.24 bits per heavy atom. The third-order valence-corrected chi connectivity index (χ3v) is 3.54. The van der Waals surface area contributed by atoms with Crippen molar-refractivity contribution in [2.75, 3.05) is 32.8 Å². The molecular weight excluding hydrogens is 270 g/mol. The zero-order valence-electron chi connectivity index (χ0n) is 12.1. The highest BCUT2D eigenvalue weighted by Gasteiger charge is 2.16. The monoisotopic (exact) mass is 289 g/mol. The van der Waals surface area contributed by atoms with E-state index in [-0.39, 0.29) is 12.5 Å². The molecule has 2 aromatic rings. The summed E-state index contributed by atoms with van der Waals surface area (Å²) in [5.41, 5.74) is 1.51. The average molecular weight is 289 g/mol. The minimum Gasteiger partial charge on any atom is -0.484 e. The van der Waals surface area contributed by atoms with Gasteiger partial charge in [-0.1, -0.05) is 6.92 Å². The Bertz CT molecular complexity index is 632. The van der Waals surface area contributed by atoms with Crippen LogP contribution < -0.4 is 10.1 Å². The first kappa shape index (κ1) is 13.9. The van der Waals surface area contributed by atoms with Crippen molar-refractivity contribution in [3.63, 3.8) is 0 Å². The van der Waals surface area contributed by atoms with Crippen molar-refractivity contribution >= 4 is 17.0 Å². The van der Waals surface area contributed by atoms with E-state index in [4.69, 9.17) is 9.15 Å². The van der Waals surface area contributed by atoms with E-state index in [9.17, 15) is 4.79 Å². The van der Waals surface area contributed by atoms with Crippen LogP contribution in [0.5, 0.6) is 5.75 Å². The molecule has 1 fully saturated rings. The molecule has 112 valence electrons. The molecule has 6 nitrogen and oxygen atoms in total. The van der Waals surface area contributed by atoms with Gasteiger partial charge in [0.25, 0.3) is 5.91 Å². The van der Waals surface area contributed by atoms with Gasteiger partial charge in [-0.15, -0.1) is 0 Å². The van der Waals surface area contributed by atoms with Gasteiger partial charge in [0.2, 0.25) is 0 Å². The number of benzene rings is 1. The van der Waals surface area contributed by atoms with Crippen molar-refractivity contribution < 1.29 is 13.9 Å². The Hall–Kier alpha value is -2.08. The summed E-state index contributed by atoms with van der Waals surface area (Å²) in [5, 5.41) is 3.22. The normalized spacial score (nSPS) is 15.4. The van der Waals surface area contributed by atoms with E-state index >= 15 is 0 Å². The van der Waals surface area contributed by atoms with Crippen molar-refractivity contribution in [1.29, 1.82) is 0 Å². The summed E-state index contributed by atoms with van der Waals surface area (Å²) in [6, 6.07) is 5.44. The summed E-state index contributed by atoms with van der Waals surface area (Å²) in [7, 11) is 0. The van der Waals surface area contributed by atoms with Crippen LogP contribution in [0.1, 0.15) is 12.8 Å². The van der Waals surface area contributed by atoms with Crippen molar-refractivity contribution in [3.05, 3.63) is 24.1 Å². The van der Waals surface area contributed by atoms with E-state index in [1.165, 1.54) is 0 Å². The molecule has 0 unspecified atom stereocenters. The highest BCUT2D eigenvalue weighted by Crippen LogP contribution is 2.21. The highest BCUT2D eigenvalue weighted by atomic mass is 16.5. The molecule has 6 heteroatoms. The van der Waals surface area contributed by atoms with Crippen LogP contribution in [-0.4, -0.2) is 48.6 Å². The maximum atomic E-state index is 12.0. The number of nitrogens with one attached hydrogen (secondary N) is 1. The number of oxazole rings is 1. The topological polar surface area (TPSA) is 67.6 Å². The molecule has 0 radical (unpaired) electrons. The maximum Gasteiger partial charge on any atom is 0.260 e. The van der Waals surface area contributed by atoms with Crippen molar-refractivity contribution in [1.82, 2.24) is 15.2 Å². The second-order valence-corrected chi connectivity index (χ2v) is 5.01. The van der Waals surface area contributed by atoms with E-state index in [2.05, 4.69) is 10.3 Å². The minimum absolute atomic E-state index is 0.0194. The molecule has 1 aromatic carbocycles. The van der Waals surface area contributed by atoms with Gasteiger partial charge in [0, 0.05) is 38.7 Å². The molecule has 0 saturated carbocycles. The van der Waals surface area contributed by atoms with Crippen LogP contribution in [0.2, 0.25) is 0 Å². The molecule has 21 heavy (non-hydrogen) atoms. The first-order valence-electron chi connectivity index (χ1n) is 7.27.